The Morgan fingerprint density at radius 3 is 2.47 bits per heavy atom. The number of nitrogens with one attached hydrogen (secondary N) is 1. The molecule has 1 rings (SSSR count). The van der Waals surface area contributed by atoms with Gasteiger partial charge in [-0.1, -0.05) is 42.8 Å². The highest BCUT2D eigenvalue weighted by molar-refractivity contribution is 6.30. The molecule has 1 aromatic rings. The van der Waals surface area contributed by atoms with Crippen LogP contribution in [-0.4, -0.2) is 12.6 Å². The first kappa shape index (κ1) is 12.3. The van der Waals surface area contributed by atoms with Crippen molar-refractivity contribution >= 4 is 11.6 Å². The molecule has 0 aliphatic carbocycles. The summed E-state index contributed by atoms with van der Waals surface area (Å²) in [4.78, 5) is 0. The lowest BCUT2D eigenvalue weighted by Crippen LogP contribution is -2.31. The standard InChI is InChI=1S/C13H18ClN/c1-4-15-13(10(2)3)9-11-5-7-12(14)8-6-11/h5-8,13,15H,2,4,9H2,1,3H3. The molecule has 2 heteroatoms. The Hall–Kier alpha value is -0.790. The second-order valence-corrected chi connectivity index (χ2v) is 4.22. The third-order valence-corrected chi connectivity index (χ3v) is 2.65. The molecular weight excluding hydrogens is 206 g/mol. The van der Waals surface area contributed by atoms with E-state index in [9.17, 15) is 0 Å². The number of rotatable bonds is 5. The van der Waals surface area contributed by atoms with Crippen molar-refractivity contribution in [1.82, 2.24) is 5.32 Å². The summed E-state index contributed by atoms with van der Waals surface area (Å²) in [6.45, 7) is 9.13. The van der Waals surface area contributed by atoms with Crippen molar-refractivity contribution in [3.05, 3.63) is 47.0 Å². The number of hydrogen-bond acceptors (Lipinski definition) is 1. The number of hydrogen-bond donors (Lipinski definition) is 1. The van der Waals surface area contributed by atoms with Crippen LogP contribution in [0, 0.1) is 0 Å². The Morgan fingerprint density at radius 1 is 1.40 bits per heavy atom. The summed E-state index contributed by atoms with van der Waals surface area (Å²) in [5, 5.41) is 4.20. The SMILES string of the molecule is C=C(C)C(Cc1ccc(Cl)cc1)NCC. The predicted octanol–water partition coefficient (Wildman–Crippen LogP) is 3.44. The number of likely N-dealkylation sites (N-methyl/N-ethyl adjacent to an activating group) is 1. The Labute approximate surface area is 97.1 Å². The lowest BCUT2D eigenvalue weighted by Gasteiger charge is -2.17. The van der Waals surface area contributed by atoms with Gasteiger partial charge in [0, 0.05) is 11.1 Å². The third-order valence-electron chi connectivity index (χ3n) is 2.40. The lowest BCUT2D eigenvalue weighted by atomic mass is 10.0. The van der Waals surface area contributed by atoms with Crippen LogP contribution >= 0.6 is 11.6 Å². The topological polar surface area (TPSA) is 12.0 Å². The van der Waals surface area contributed by atoms with Gasteiger partial charge in [-0.2, -0.15) is 0 Å². The van der Waals surface area contributed by atoms with Crippen molar-refractivity contribution in [1.29, 1.82) is 0 Å². The van der Waals surface area contributed by atoms with E-state index < -0.39 is 0 Å². The van der Waals surface area contributed by atoms with Crippen molar-refractivity contribution in [2.75, 3.05) is 6.54 Å². The molecule has 0 spiro atoms. The minimum atomic E-state index is 0.358. The van der Waals surface area contributed by atoms with E-state index in [-0.39, 0.29) is 0 Å². The molecule has 1 unspecified atom stereocenters. The molecule has 15 heavy (non-hydrogen) atoms. The first-order valence-electron chi connectivity index (χ1n) is 5.26. The predicted molar refractivity (Wildman–Crippen MR) is 67.4 cm³/mol. The van der Waals surface area contributed by atoms with Crippen molar-refractivity contribution < 1.29 is 0 Å². The van der Waals surface area contributed by atoms with E-state index in [1.807, 2.05) is 12.1 Å². The van der Waals surface area contributed by atoms with Gasteiger partial charge in [-0.05, 0) is 37.6 Å². The zero-order chi connectivity index (χ0) is 11.3. The third kappa shape index (κ3) is 4.06. The van der Waals surface area contributed by atoms with Gasteiger partial charge in [-0.3, -0.25) is 0 Å². The van der Waals surface area contributed by atoms with E-state index in [4.69, 9.17) is 11.6 Å². The molecule has 82 valence electrons. The molecular formula is C13H18ClN. The fourth-order valence-electron chi connectivity index (χ4n) is 1.52. The second-order valence-electron chi connectivity index (χ2n) is 3.79. The van der Waals surface area contributed by atoms with Crippen LogP contribution in [0.15, 0.2) is 36.4 Å². The summed E-state index contributed by atoms with van der Waals surface area (Å²) in [7, 11) is 0. The van der Waals surface area contributed by atoms with Gasteiger partial charge in [-0.25, -0.2) is 0 Å². The van der Waals surface area contributed by atoms with Crippen LogP contribution in [0.25, 0.3) is 0 Å². The maximum absolute atomic E-state index is 5.84. The molecule has 1 N–H and O–H groups in total. The van der Waals surface area contributed by atoms with Gasteiger partial charge in [0.15, 0.2) is 0 Å². The normalized spacial score (nSPS) is 12.5. The number of benzene rings is 1. The molecule has 0 saturated heterocycles. The van der Waals surface area contributed by atoms with Crippen molar-refractivity contribution in [2.45, 2.75) is 26.3 Å². The molecule has 1 nitrogen and oxygen atoms in total. The quantitative estimate of drug-likeness (QED) is 0.755. The molecule has 0 aromatic heterocycles. The summed E-state index contributed by atoms with van der Waals surface area (Å²) in [6, 6.07) is 8.35. The summed E-state index contributed by atoms with van der Waals surface area (Å²) in [6.07, 6.45) is 0.973. The van der Waals surface area contributed by atoms with Crippen molar-refractivity contribution in [3.63, 3.8) is 0 Å². The van der Waals surface area contributed by atoms with E-state index in [0.717, 1.165) is 18.0 Å². The average Bonchev–Trinajstić information content (AvgIpc) is 2.20. The molecule has 0 fully saturated rings. The highest BCUT2D eigenvalue weighted by atomic mass is 35.5. The highest BCUT2D eigenvalue weighted by Gasteiger charge is 2.08. The molecule has 0 heterocycles. The van der Waals surface area contributed by atoms with Gasteiger partial charge in [0.1, 0.15) is 0 Å². The zero-order valence-electron chi connectivity index (χ0n) is 9.39. The number of halogens is 1. The minimum Gasteiger partial charge on any atom is -0.310 e. The molecule has 0 saturated carbocycles. The van der Waals surface area contributed by atoms with Crippen LogP contribution in [0.4, 0.5) is 0 Å². The van der Waals surface area contributed by atoms with Crippen LogP contribution in [0.2, 0.25) is 5.02 Å². The Balaban J connectivity index is 2.65. The van der Waals surface area contributed by atoms with Gasteiger partial charge >= 0.3 is 0 Å². The maximum Gasteiger partial charge on any atom is 0.0406 e. The average molecular weight is 224 g/mol. The lowest BCUT2D eigenvalue weighted by molar-refractivity contribution is 0.588. The molecule has 1 aromatic carbocycles. The smallest absolute Gasteiger partial charge is 0.0406 e. The van der Waals surface area contributed by atoms with E-state index in [1.165, 1.54) is 11.1 Å². The first-order valence-corrected chi connectivity index (χ1v) is 5.64. The van der Waals surface area contributed by atoms with Crippen LogP contribution in [-0.2, 0) is 6.42 Å². The van der Waals surface area contributed by atoms with E-state index in [1.54, 1.807) is 0 Å². The summed E-state index contributed by atoms with van der Waals surface area (Å²) >= 11 is 5.84. The van der Waals surface area contributed by atoms with Crippen molar-refractivity contribution in [2.24, 2.45) is 0 Å². The largest absolute Gasteiger partial charge is 0.310 e. The first-order chi connectivity index (χ1) is 7.13. The summed E-state index contributed by atoms with van der Waals surface area (Å²) in [5.41, 5.74) is 2.46. The van der Waals surface area contributed by atoms with Crippen molar-refractivity contribution in [3.8, 4) is 0 Å². The Kier molecular flexibility index (Phi) is 4.86. The Bertz CT molecular complexity index is 316. The maximum atomic E-state index is 5.84. The summed E-state index contributed by atoms with van der Waals surface area (Å²) in [5.74, 6) is 0. The zero-order valence-corrected chi connectivity index (χ0v) is 10.1. The molecule has 0 radical (unpaired) electrons. The fourth-order valence-corrected chi connectivity index (χ4v) is 1.65. The molecule has 0 aliphatic heterocycles. The molecule has 0 bridgehead atoms. The summed E-state index contributed by atoms with van der Waals surface area (Å²) < 4.78 is 0. The van der Waals surface area contributed by atoms with Gasteiger partial charge in [0.2, 0.25) is 0 Å². The van der Waals surface area contributed by atoms with Crippen LogP contribution in [0.1, 0.15) is 19.4 Å². The molecule has 0 aliphatic rings. The highest BCUT2D eigenvalue weighted by Crippen LogP contribution is 2.13. The van der Waals surface area contributed by atoms with Crippen LogP contribution in [0.5, 0.6) is 0 Å². The second kappa shape index (κ2) is 5.94. The van der Waals surface area contributed by atoms with Gasteiger partial charge in [-0.15, -0.1) is 0 Å². The van der Waals surface area contributed by atoms with Gasteiger partial charge in [0.05, 0.1) is 0 Å². The van der Waals surface area contributed by atoms with E-state index in [2.05, 4.69) is 37.9 Å². The Morgan fingerprint density at radius 2 is 2.00 bits per heavy atom. The fraction of sp³-hybridized carbons (Fsp3) is 0.385. The van der Waals surface area contributed by atoms with Crippen LogP contribution in [0.3, 0.4) is 0 Å². The van der Waals surface area contributed by atoms with E-state index >= 15 is 0 Å². The van der Waals surface area contributed by atoms with Gasteiger partial charge < -0.3 is 5.32 Å². The minimum absolute atomic E-state index is 0.358. The molecule has 1 atom stereocenters. The van der Waals surface area contributed by atoms with Crippen LogP contribution < -0.4 is 5.32 Å². The monoisotopic (exact) mass is 223 g/mol. The van der Waals surface area contributed by atoms with E-state index in [0.29, 0.717) is 6.04 Å². The van der Waals surface area contributed by atoms with Gasteiger partial charge in [0.25, 0.3) is 0 Å². The molecule has 0 amide bonds.